The van der Waals surface area contributed by atoms with Gasteiger partial charge in [-0.3, -0.25) is 4.79 Å². The Morgan fingerprint density at radius 1 is 1.24 bits per heavy atom. The Labute approximate surface area is 210 Å². The number of carboxylic acids is 1. The summed E-state index contributed by atoms with van der Waals surface area (Å²) in [4.78, 5) is 13.4. The maximum absolute atomic E-state index is 11.2. The highest BCUT2D eigenvalue weighted by Crippen LogP contribution is 2.47. The van der Waals surface area contributed by atoms with E-state index in [-0.39, 0.29) is 30.3 Å². The highest BCUT2D eigenvalue weighted by molar-refractivity contribution is 6.36. The largest absolute Gasteiger partial charge is 0.495 e. The maximum atomic E-state index is 11.2. The van der Waals surface area contributed by atoms with Crippen molar-refractivity contribution in [1.29, 1.82) is 0 Å². The molecule has 4 rings (SSSR count). The van der Waals surface area contributed by atoms with Gasteiger partial charge in [-0.2, -0.15) is 0 Å². The molecule has 2 aromatic rings. The molecule has 1 unspecified atom stereocenters. The molecule has 0 bridgehead atoms. The molecule has 2 aliphatic heterocycles. The molecular weight excluding hydrogens is 489 g/mol. The minimum absolute atomic E-state index is 0. The molecule has 0 saturated carbocycles. The average molecular weight is 517 g/mol. The number of rotatable bonds is 7. The van der Waals surface area contributed by atoms with Crippen molar-refractivity contribution in [3.63, 3.8) is 0 Å². The standard InChI is InChI=1S/C24H27Cl2NO5.ClH/c1-15(23(28)29)12-27-9-7-24(8-10-27)14-32-21-11-16(3-4-18(21)24)31-13-17-19(25)5-6-20(30-2)22(17)26;/h3-6,11,15H,7-10,12-14H2,1-2H3,(H,28,29);1H. The predicted molar refractivity (Wildman–Crippen MR) is 131 cm³/mol. The van der Waals surface area contributed by atoms with E-state index in [0.29, 0.717) is 40.3 Å². The molecule has 2 heterocycles. The number of hydrogen-bond donors (Lipinski definition) is 1. The summed E-state index contributed by atoms with van der Waals surface area (Å²) in [6.45, 7) is 4.93. The van der Waals surface area contributed by atoms with Crippen LogP contribution in [0.3, 0.4) is 0 Å². The number of halogens is 3. The van der Waals surface area contributed by atoms with Gasteiger partial charge in [-0.25, -0.2) is 0 Å². The molecule has 0 amide bonds. The molecule has 1 saturated heterocycles. The first-order chi connectivity index (χ1) is 15.3. The van der Waals surface area contributed by atoms with Crippen molar-refractivity contribution in [2.24, 2.45) is 5.92 Å². The van der Waals surface area contributed by atoms with Crippen LogP contribution in [0.4, 0.5) is 0 Å². The molecule has 2 aromatic carbocycles. The zero-order chi connectivity index (χ0) is 22.9. The third-order valence-corrected chi connectivity index (χ3v) is 7.32. The quantitative estimate of drug-likeness (QED) is 0.528. The predicted octanol–water partition coefficient (Wildman–Crippen LogP) is 5.45. The molecule has 33 heavy (non-hydrogen) atoms. The second kappa shape index (κ2) is 10.6. The number of hydrogen-bond acceptors (Lipinski definition) is 5. The fourth-order valence-electron chi connectivity index (χ4n) is 4.51. The van der Waals surface area contributed by atoms with E-state index in [4.69, 9.17) is 42.5 Å². The van der Waals surface area contributed by atoms with Crippen LogP contribution >= 0.6 is 35.6 Å². The van der Waals surface area contributed by atoms with Crippen molar-refractivity contribution in [2.45, 2.75) is 31.8 Å². The molecule has 1 fully saturated rings. The number of methoxy groups -OCH3 is 1. The lowest BCUT2D eigenvalue weighted by molar-refractivity contribution is -0.141. The lowest BCUT2D eigenvalue weighted by Gasteiger charge is -2.39. The summed E-state index contributed by atoms with van der Waals surface area (Å²) in [5.41, 5.74) is 1.86. The van der Waals surface area contributed by atoms with Crippen LogP contribution in [0.5, 0.6) is 17.2 Å². The zero-order valence-corrected chi connectivity index (χ0v) is 20.9. The van der Waals surface area contributed by atoms with Crippen molar-refractivity contribution in [1.82, 2.24) is 4.90 Å². The molecule has 1 N–H and O–H groups in total. The number of piperidine rings is 1. The molecule has 0 aromatic heterocycles. The van der Waals surface area contributed by atoms with Crippen molar-refractivity contribution < 1.29 is 24.1 Å². The van der Waals surface area contributed by atoms with Crippen LogP contribution in [0.1, 0.15) is 30.9 Å². The second-order valence-electron chi connectivity index (χ2n) is 8.60. The maximum Gasteiger partial charge on any atom is 0.307 e. The van der Waals surface area contributed by atoms with Gasteiger partial charge >= 0.3 is 5.97 Å². The van der Waals surface area contributed by atoms with E-state index in [0.717, 1.165) is 31.7 Å². The molecule has 2 aliphatic rings. The molecule has 6 nitrogen and oxygen atoms in total. The number of nitrogens with zero attached hydrogens (tertiary/aromatic N) is 1. The first-order valence-corrected chi connectivity index (χ1v) is 11.4. The number of carbonyl (C=O) groups is 1. The third kappa shape index (κ3) is 5.29. The van der Waals surface area contributed by atoms with Crippen LogP contribution in [-0.4, -0.2) is 49.3 Å². The molecule has 0 radical (unpaired) electrons. The van der Waals surface area contributed by atoms with Crippen molar-refractivity contribution in [3.05, 3.63) is 51.5 Å². The van der Waals surface area contributed by atoms with E-state index in [2.05, 4.69) is 11.0 Å². The first-order valence-electron chi connectivity index (χ1n) is 10.7. The second-order valence-corrected chi connectivity index (χ2v) is 9.38. The molecule has 9 heteroatoms. The van der Waals surface area contributed by atoms with E-state index in [1.54, 1.807) is 26.2 Å². The summed E-state index contributed by atoms with van der Waals surface area (Å²) in [7, 11) is 1.56. The normalized spacial score (nSPS) is 17.6. The number of ether oxygens (including phenoxy) is 3. The Bertz CT molecular complexity index is 1010. The first kappa shape index (κ1) is 25.8. The number of benzene rings is 2. The van der Waals surface area contributed by atoms with Crippen LogP contribution in [0, 0.1) is 5.92 Å². The van der Waals surface area contributed by atoms with Gasteiger partial charge in [-0.05, 0) is 44.1 Å². The topological polar surface area (TPSA) is 68.2 Å². The smallest absolute Gasteiger partial charge is 0.307 e. The van der Waals surface area contributed by atoms with Gasteiger partial charge in [-0.15, -0.1) is 12.4 Å². The summed E-state index contributed by atoms with van der Waals surface area (Å²) in [5.74, 6) is 0.977. The van der Waals surface area contributed by atoms with Gasteiger partial charge in [0.15, 0.2) is 0 Å². The average Bonchev–Trinajstić information content (AvgIpc) is 3.13. The number of likely N-dealkylation sites (tertiary alicyclic amines) is 1. The lowest BCUT2D eigenvalue weighted by Crippen LogP contribution is -2.45. The van der Waals surface area contributed by atoms with E-state index < -0.39 is 5.97 Å². The third-order valence-electron chi connectivity index (χ3n) is 6.55. The summed E-state index contributed by atoms with van der Waals surface area (Å²) in [6, 6.07) is 9.43. The summed E-state index contributed by atoms with van der Waals surface area (Å²) in [5, 5.41) is 10.1. The van der Waals surface area contributed by atoms with Gasteiger partial charge in [0.1, 0.15) is 23.9 Å². The Morgan fingerprint density at radius 2 is 1.97 bits per heavy atom. The van der Waals surface area contributed by atoms with Gasteiger partial charge in [0.05, 0.1) is 24.7 Å². The summed E-state index contributed by atoms with van der Waals surface area (Å²) in [6.07, 6.45) is 1.89. The number of aliphatic carboxylic acids is 1. The van der Waals surface area contributed by atoms with Gasteiger partial charge in [0.2, 0.25) is 0 Å². The highest BCUT2D eigenvalue weighted by Gasteiger charge is 2.43. The Morgan fingerprint density at radius 3 is 2.64 bits per heavy atom. The molecule has 0 aliphatic carbocycles. The summed E-state index contributed by atoms with van der Waals surface area (Å²) >= 11 is 12.7. The van der Waals surface area contributed by atoms with E-state index in [1.807, 2.05) is 12.1 Å². The SMILES string of the molecule is COc1ccc(Cl)c(COc2ccc3c(c2)OCC32CCN(CC(C)C(=O)O)CC2)c1Cl.Cl. The molecule has 180 valence electrons. The van der Waals surface area contributed by atoms with Gasteiger partial charge in [-0.1, -0.05) is 36.2 Å². The number of fused-ring (bicyclic) bond motifs is 2. The van der Waals surface area contributed by atoms with Crippen LogP contribution < -0.4 is 14.2 Å². The molecule has 1 spiro atoms. The van der Waals surface area contributed by atoms with Gasteiger partial charge < -0.3 is 24.2 Å². The van der Waals surface area contributed by atoms with Crippen LogP contribution in [0.25, 0.3) is 0 Å². The summed E-state index contributed by atoms with van der Waals surface area (Å²) < 4.78 is 17.3. The fourth-order valence-corrected chi connectivity index (χ4v) is 5.06. The van der Waals surface area contributed by atoms with E-state index in [9.17, 15) is 4.79 Å². The monoisotopic (exact) mass is 515 g/mol. The van der Waals surface area contributed by atoms with Crippen molar-refractivity contribution in [3.8, 4) is 17.2 Å². The van der Waals surface area contributed by atoms with Crippen molar-refractivity contribution in [2.75, 3.05) is 33.4 Å². The minimum atomic E-state index is -0.746. The van der Waals surface area contributed by atoms with Crippen LogP contribution in [0.2, 0.25) is 10.0 Å². The minimum Gasteiger partial charge on any atom is -0.495 e. The molecule has 1 atom stereocenters. The van der Waals surface area contributed by atoms with E-state index >= 15 is 0 Å². The Hall–Kier alpha value is -1.86. The van der Waals surface area contributed by atoms with E-state index in [1.165, 1.54) is 5.56 Å². The lowest BCUT2D eigenvalue weighted by atomic mass is 9.74. The van der Waals surface area contributed by atoms with Crippen LogP contribution in [0.15, 0.2) is 30.3 Å². The fraction of sp³-hybridized carbons (Fsp3) is 0.458. The number of carboxylic acid groups (broad SMARTS) is 1. The van der Waals surface area contributed by atoms with Gasteiger partial charge in [0.25, 0.3) is 0 Å². The zero-order valence-electron chi connectivity index (χ0n) is 18.6. The molecular formula is C24H28Cl3NO5. The Kier molecular flexibility index (Phi) is 8.27. The highest BCUT2D eigenvalue weighted by atomic mass is 35.5. The van der Waals surface area contributed by atoms with Crippen LogP contribution in [-0.2, 0) is 16.8 Å². The van der Waals surface area contributed by atoms with Gasteiger partial charge in [0, 0.05) is 34.2 Å². The van der Waals surface area contributed by atoms with Crippen molar-refractivity contribution >= 4 is 41.6 Å². The Balaban J connectivity index is 0.00000306.